The number of carbonyl (C=O) groups is 2. The van der Waals surface area contributed by atoms with Crippen LogP contribution in [0, 0.1) is 24.0 Å². The molecule has 1 aromatic heterocycles. The van der Waals surface area contributed by atoms with Crippen molar-refractivity contribution in [1.82, 2.24) is 8.87 Å². The summed E-state index contributed by atoms with van der Waals surface area (Å²) >= 11 is 5.81. The van der Waals surface area contributed by atoms with E-state index in [-0.39, 0.29) is 34.3 Å². The van der Waals surface area contributed by atoms with E-state index in [1.807, 2.05) is 0 Å². The molecule has 34 heavy (non-hydrogen) atoms. The molecule has 0 radical (unpaired) electrons. The summed E-state index contributed by atoms with van der Waals surface area (Å²) in [4.78, 5) is 36.0. The molecular weight excluding hydrogens is 486 g/mol. The second-order valence-electron chi connectivity index (χ2n) is 7.49. The number of nitro groups is 1. The van der Waals surface area contributed by atoms with Crippen LogP contribution >= 0.6 is 11.6 Å². The number of halogens is 1. The molecule has 1 heterocycles. The Morgan fingerprint density at radius 2 is 1.97 bits per heavy atom. The number of nitro benzene ring substituents is 1. The van der Waals surface area contributed by atoms with Crippen molar-refractivity contribution in [1.29, 1.82) is 0 Å². The molecule has 0 N–H and O–H groups in total. The number of esters is 1. The molecule has 1 unspecified atom stereocenters. The van der Waals surface area contributed by atoms with Crippen LogP contribution in [-0.2, 0) is 21.8 Å². The monoisotopic (exact) mass is 511 g/mol. The number of carbonyl (C=O) groups excluding carboxylic acids is 2. The van der Waals surface area contributed by atoms with E-state index in [1.54, 1.807) is 27.8 Å². The summed E-state index contributed by atoms with van der Waals surface area (Å²) in [6, 6.07) is 1.88. The minimum atomic E-state index is -4.36. The average molecular weight is 512 g/mol. The highest BCUT2D eigenvalue weighted by Crippen LogP contribution is 2.31. The number of sulfonamides is 1. The van der Waals surface area contributed by atoms with E-state index in [9.17, 15) is 28.1 Å². The van der Waals surface area contributed by atoms with Gasteiger partial charge in [-0.05, 0) is 45.4 Å². The molecule has 184 valence electrons. The zero-order valence-corrected chi connectivity index (χ0v) is 21.1. The lowest BCUT2D eigenvalue weighted by molar-refractivity contribution is -0.384. The van der Waals surface area contributed by atoms with Crippen molar-refractivity contribution in [2.45, 2.75) is 38.6 Å². The Morgan fingerprint density at radius 3 is 2.50 bits per heavy atom. The van der Waals surface area contributed by atoms with E-state index in [2.05, 4.69) is 6.58 Å². The molecule has 2 rings (SSSR count). The summed E-state index contributed by atoms with van der Waals surface area (Å²) in [5.74, 6) is -1.14. The molecular formula is C22H26ClN3O7S. The highest BCUT2D eigenvalue weighted by atomic mass is 35.5. The van der Waals surface area contributed by atoms with Crippen LogP contribution in [0.25, 0.3) is 0 Å². The Labute approximate surface area is 203 Å². The summed E-state index contributed by atoms with van der Waals surface area (Å²) in [6.45, 7) is 9.79. The SMILES string of the molecule is C=CCN(C(C)C(=O)c1c(C)c(C(=O)OCC)n(C)c1C)S(=O)(=O)c1ccc(Cl)c([N+](=O)[O-])c1. The fourth-order valence-electron chi connectivity index (χ4n) is 3.69. The van der Waals surface area contributed by atoms with Crippen molar-refractivity contribution in [2.75, 3.05) is 13.2 Å². The maximum absolute atomic E-state index is 13.5. The quantitative estimate of drug-likeness (QED) is 0.156. The van der Waals surface area contributed by atoms with Crippen molar-refractivity contribution < 1.29 is 27.7 Å². The summed E-state index contributed by atoms with van der Waals surface area (Å²) in [7, 11) is -2.75. The van der Waals surface area contributed by atoms with Crippen LogP contribution in [0.3, 0.4) is 0 Å². The van der Waals surface area contributed by atoms with Crippen LogP contribution in [0.5, 0.6) is 0 Å². The standard InChI is InChI=1S/C22H26ClN3O7S/c1-7-11-25(34(31,32)16-9-10-17(23)18(12-16)26(29)30)15(5)21(27)19-13(3)20(22(28)33-8-2)24(6)14(19)4/h7,9-10,12,15H,1,8,11H2,2-6H3. The van der Waals surface area contributed by atoms with E-state index in [4.69, 9.17) is 16.3 Å². The van der Waals surface area contributed by atoms with Crippen LogP contribution in [0.1, 0.15) is 46.0 Å². The van der Waals surface area contributed by atoms with Gasteiger partial charge in [0.1, 0.15) is 10.7 Å². The molecule has 2 aromatic rings. The summed E-state index contributed by atoms with van der Waals surface area (Å²) in [5, 5.41) is 11.0. The van der Waals surface area contributed by atoms with Crippen molar-refractivity contribution in [3.63, 3.8) is 0 Å². The molecule has 0 saturated heterocycles. The maximum Gasteiger partial charge on any atom is 0.355 e. The predicted molar refractivity (Wildman–Crippen MR) is 127 cm³/mol. The Morgan fingerprint density at radius 1 is 1.35 bits per heavy atom. The van der Waals surface area contributed by atoms with Gasteiger partial charge in [-0.25, -0.2) is 13.2 Å². The van der Waals surface area contributed by atoms with Gasteiger partial charge in [0.25, 0.3) is 5.69 Å². The Bertz CT molecular complexity index is 1270. The molecule has 0 spiro atoms. The molecule has 0 aliphatic heterocycles. The number of hydrogen-bond donors (Lipinski definition) is 0. The van der Waals surface area contributed by atoms with Crippen molar-refractivity contribution in [2.24, 2.45) is 7.05 Å². The van der Waals surface area contributed by atoms with E-state index in [0.29, 0.717) is 11.3 Å². The second kappa shape index (κ2) is 10.5. The van der Waals surface area contributed by atoms with Crippen LogP contribution in [0.15, 0.2) is 35.7 Å². The Kier molecular flexibility index (Phi) is 8.40. The van der Waals surface area contributed by atoms with Gasteiger partial charge < -0.3 is 9.30 Å². The van der Waals surface area contributed by atoms with Crippen molar-refractivity contribution in [3.8, 4) is 0 Å². The molecule has 0 aliphatic carbocycles. The molecule has 0 aliphatic rings. The number of aromatic nitrogens is 1. The first-order valence-corrected chi connectivity index (χ1v) is 12.1. The lowest BCUT2D eigenvalue weighted by atomic mass is 10.0. The number of benzene rings is 1. The fourth-order valence-corrected chi connectivity index (χ4v) is 5.46. The van der Waals surface area contributed by atoms with Crippen LogP contribution in [-0.4, -0.2) is 53.2 Å². The number of Topliss-reactive ketones (excluding diaryl/α,β-unsaturated/α-hetero) is 1. The third-order valence-corrected chi connectivity index (χ3v) is 7.74. The Balaban J connectivity index is 2.58. The van der Waals surface area contributed by atoms with Crippen molar-refractivity contribution >= 4 is 39.1 Å². The number of ether oxygens (including phenoxy) is 1. The molecule has 0 amide bonds. The summed E-state index contributed by atoms with van der Waals surface area (Å²) in [5.41, 5.74) is 0.656. The topological polar surface area (TPSA) is 129 Å². The first-order chi connectivity index (χ1) is 15.8. The van der Waals surface area contributed by atoms with Crippen LogP contribution < -0.4 is 0 Å². The largest absolute Gasteiger partial charge is 0.461 e. The van der Waals surface area contributed by atoms with Gasteiger partial charge in [0.15, 0.2) is 5.78 Å². The van der Waals surface area contributed by atoms with E-state index >= 15 is 0 Å². The highest BCUT2D eigenvalue weighted by Gasteiger charge is 2.36. The molecule has 1 aromatic carbocycles. The second-order valence-corrected chi connectivity index (χ2v) is 9.79. The van der Waals surface area contributed by atoms with Gasteiger partial charge in [-0.3, -0.25) is 14.9 Å². The minimum Gasteiger partial charge on any atom is -0.461 e. The fraction of sp³-hybridized carbons (Fsp3) is 0.364. The van der Waals surface area contributed by atoms with Gasteiger partial charge in [-0.15, -0.1) is 6.58 Å². The molecule has 0 fully saturated rings. The maximum atomic E-state index is 13.5. The third kappa shape index (κ3) is 4.91. The molecule has 0 saturated carbocycles. The van der Waals surface area contributed by atoms with Gasteiger partial charge in [0.05, 0.1) is 22.5 Å². The van der Waals surface area contributed by atoms with Gasteiger partial charge in [-0.1, -0.05) is 17.7 Å². The molecule has 1 atom stereocenters. The van der Waals surface area contributed by atoms with E-state index < -0.39 is 38.4 Å². The number of rotatable bonds is 10. The molecule has 12 heteroatoms. The van der Waals surface area contributed by atoms with Gasteiger partial charge >= 0.3 is 5.97 Å². The average Bonchev–Trinajstić information content (AvgIpc) is 2.99. The van der Waals surface area contributed by atoms with Gasteiger partial charge in [-0.2, -0.15) is 4.31 Å². The summed E-state index contributed by atoms with van der Waals surface area (Å²) < 4.78 is 34.3. The highest BCUT2D eigenvalue weighted by molar-refractivity contribution is 7.89. The van der Waals surface area contributed by atoms with Crippen LogP contribution in [0.2, 0.25) is 5.02 Å². The van der Waals surface area contributed by atoms with Crippen LogP contribution in [0.4, 0.5) is 5.69 Å². The van der Waals surface area contributed by atoms with Gasteiger partial charge in [0.2, 0.25) is 10.0 Å². The molecule has 0 bridgehead atoms. The number of ketones is 1. The minimum absolute atomic E-state index is 0.154. The Hall–Kier alpha value is -3.02. The first kappa shape index (κ1) is 27.2. The number of nitrogens with zero attached hydrogens (tertiary/aromatic N) is 3. The van der Waals surface area contributed by atoms with Crippen molar-refractivity contribution in [3.05, 3.63) is 68.5 Å². The lowest BCUT2D eigenvalue weighted by Crippen LogP contribution is -2.43. The van der Waals surface area contributed by atoms with E-state index in [0.717, 1.165) is 22.5 Å². The predicted octanol–water partition coefficient (Wildman–Crippen LogP) is 3.83. The third-order valence-electron chi connectivity index (χ3n) is 5.49. The summed E-state index contributed by atoms with van der Waals surface area (Å²) in [6.07, 6.45) is 1.31. The zero-order valence-electron chi connectivity index (χ0n) is 19.5. The zero-order chi connectivity index (χ0) is 26.0. The number of hydrogen-bond acceptors (Lipinski definition) is 7. The normalized spacial score (nSPS) is 12.4. The lowest BCUT2D eigenvalue weighted by Gasteiger charge is -2.26. The van der Waals surface area contributed by atoms with Gasteiger partial charge in [0, 0.05) is 30.9 Å². The first-order valence-electron chi connectivity index (χ1n) is 10.2. The smallest absolute Gasteiger partial charge is 0.355 e. The molecule has 10 nitrogen and oxygen atoms in total. The van der Waals surface area contributed by atoms with E-state index in [1.165, 1.54) is 17.6 Å².